The van der Waals surface area contributed by atoms with Crippen molar-refractivity contribution in [3.63, 3.8) is 0 Å². The van der Waals surface area contributed by atoms with Crippen LogP contribution in [0, 0.1) is 24.0 Å². The van der Waals surface area contributed by atoms with E-state index in [0.717, 1.165) is 6.07 Å². The zero-order chi connectivity index (χ0) is 16.4. The first-order valence-corrected chi connectivity index (χ1v) is 7.52. The first kappa shape index (κ1) is 17.1. The van der Waals surface area contributed by atoms with Crippen molar-refractivity contribution in [1.82, 2.24) is 4.72 Å². The highest BCUT2D eigenvalue weighted by Crippen LogP contribution is 2.25. The topological polar surface area (TPSA) is 127 Å². The predicted octanol–water partition coefficient (Wildman–Crippen LogP) is 1.35. The van der Waals surface area contributed by atoms with E-state index in [0.29, 0.717) is 11.1 Å². The van der Waals surface area contributed by atoms with E-state index in [1.54, 1.807) is 6.92 Å². The van der Waals surface area contributed by atoms with Crippen molar-refractivity contribution >= 4 is 21.7 Å². The summed E-state index contributed by atoms with van der Waals surface area (Å²) in [5.41, 5.74) is 0.564. The smallest absolute Gasteiger partial charge is 0.304 e. The Balaban J connectivity index is 3.20. The minimum absolute atomic E-state index is 0.255. The molecule has 0 bridgehead atoms. The monoisotopic (exact) mass is 316 g/mol. The predicted molar refractivity (Wildman–Crippen MR) is 74.6 cm³/mol. The Kier molecular flexibility index (Phi) is 5.02. The third kappa shape index (κ3) is 4.23. The number of sulfonamides is 1. The van der Waals surface area contributed by atoms with E-state index in [4.69, 9.17) is 5.11 Å². The SMILES string of the molecule is Cc1cc(S(=O)(=O)NC(C)CC(=O)O)cc([N+](=O)[O-])c1C. The summed E-state index contributed by atoms with van der Waals surface area (Å²) in [6.07, 6.45) is -0.383. The van der Waals surface area contributed by atoms with Crippen LogP contribution in [0.15, 0.2) is 17.0 Å². The molecule has 0 heterocycles. The molecule has 0 aliphatic rings. The number of rotatable bonds is 6. The lowest BCUT2D eigenvalue weighted by atomic mass is 10.1. The molecule has 1 aromatic rings. The minimum atomic E-state index is -4.02. The second-order valence-corrected chi connectivity index (χ2v) is 6.48. The van der Waals surface area contributed by atoms with Crippen LogP contribution >= 0.6 is 0 Å². The van der Waals surface area contributed by atoms with Crippen LogP contribution in [0.5, 0.6) is 0 Å². The van der Waals surface area contributed by atoms with Gasteiger partial charge in [-0.05, 0) is 32.4 Å². The Morgan fingerprint density at radius 3 is 2.48 bits per heavy atom. The average molecular weight is 316 g/mol. The molecule has 0 radical (unpaired) electrons. The normalized spacial score (nSPS) is 12.9. The maximum Gasteiger partial charge on any atom is 0.304 e. The van der Waals surface area contributed by atoms with E-state index in [1.165, 1.54) is 19.9 Å². The number of carboxylic acids is 1. The molecule has 1 atom stereocenters. The fourth-order valence-electron chi connectivity index (χ4n) is 1.79. The van der Waals surface area contributed by atoms with Gasteiger partial charge in [-0.3, -0.25) is 14.9 Å². The molecule has 0 spiro atoms. The summed E-state index contributed by atoms with van der Waals surface area (Å²) in [6, 6.07) is 1.46. The fraction of sp³-hybridized carbons (Fsp3) is 0.417. The molecule has 9 heteroatoms. The Hall–Kier alpha value is -2.00. The molecular formula is C12H16N2O6S. The number of carbonyl (C=O) groups is 1. The highest BCUT2D eigenvalue weighted by molar-refractivity contribution is 7.89. The van der Waals surface area contributed by atoms with Crippen LogP contribution in [0.2, 0.25) is 0 Å². The molecule has 0 aliphatic carbocycles. The summed E-state index contributed by atoms with van der Waals surface area (Å²) in [4.78, 5) is 20.6. The number of nitro benzene ring substituents is 1. The molecule has 0 saturated heterocycles. The van der Waals surface area contributed by atoms with Crippen molar-refractivity contribution in [3.05, 3.63) is 33.4 Å². The van der Waals surface area contributed by atoms with Gasteiger partial charge >= 0.3 is 5.97 Å². The van der Waals surface area contributed by atoms with Crippen molar-refractivity contribution in [2.75, 3.05) is 0 Å². The van der Waals surface area contributed by atoms with Crippen molar-refractivity contribution in [2.24, 2.45) is 0 Å². The molecule has 0 saturated carbocycles. The van der Waals surface area contributed by atoms with Gasteiger partial charge in [0.25, 0.3) is 5.69 Å². The van der Waals surface area contributed by atoms with Crippen molar-refractivity contribution in [3.8, 4) is 0 Å². The number of nitro groups is 1. The lowest BCUT2D eigenvalue weighted by Crippen LogP contribution is -2.34. The highest BCUT2D eigenvalue weighted by atomic mass is 32.2. The van der Waals surface area contributed by atoms with Gasteiger partial charge in [-0.1, -0.05) is 0 Å². The van der Waals surface area contributed by atoms with Crippen molar-refractivity contribution < 1.29 is 23.2 Å². The summed E-state index contributed by atoms with van der Waals surface area (Å²) in [5, 5.41) is 19.6. The van der Waals surface area contributed by atoms with Crippen LogP contribution in [-0.4, -0.2) is 30.5 Å². The third-order valence-corrected chi connectivity index (χ3v) is 4.53. The van der Waals surface area contributed by atoms with Gasteiger partial charge < -0.3 is 5.11 Å². The lowest BCUT2D eigenvalue weighted by Gasteiger charge is -2.13. The third-order valence-electron chi connectivity index (χ3n) is 2.96. The van der Waals surface area contributed by atoms with Crippen LogP contribution in [0.4, 0.5) is 5.69 Å². The number of nitrogens with one attached hydrogen (secondary N) is 1. The van der Waals surface area contributed by atoms with E-state index in [-0.39, 0.29) is 17.0 Å². The zero-order valence-corrected chi connectivity index (χ0v) is 12.6. The molecule has 0 aliphatic heterocycles. The average Bonchev–Trinajstić information content (AvgIpc) is 2.29. The van der Waals surface area contributed by atoms with Crippen LogP contribution in [0.3, 0.4) is 0 Å². The van der Waals surface area contributed by atoms with Crippen molar-refractivity contribution in [2.45, 2.75) is 38.1 Å². The maximum atomic E-state index is 12.1. The first-order chi connectivity index (χ1) is 9.54. The van der Waals surface area contributed by atoms with E-state index in [2.05, 4.69) is 4.72 Å². The fourth-order valence-corrected chi connectivity index (χ4v) is 3.14. The quantitative estimate of drug-likeness (QED) is 0.602. The first-order valence-electron chi connectivity index (χ1n) is 6.04. The number of aryl methyl sites for hydroxylation is 1. The molecular weight excluding hydrogens is 300 g/mol. The summed E-state index contributed by atoms with van der Waals surface area (Å²) < 4.78 is 26.5. The maximum absolute atomic E-state index is 12.1. The van der Waals surface area contributed by atoms with E-state index in [1.807, 2.05) is 0 Å². The zero-order valence-electron chi connectivity index (χ0n) is 11.8. The van der Waals surface area contributed by atoms with Gasteiger partial charge in [-0.25, -0.2) is 13.1 Å². The van der Waals surface area contributed by atoms with E-state index >= 15 is 0 Å². The number of benzene rings is 1. The van der Waals surface area contributed by atoms with Gasteiger partial charge in [0, 0.05) is 17.7 Å². The molecule has 1 unspecified atom stereocenters. The second kappa shape index (κ2) is 6.19. The van der Waals surface area contributed by atoms with Crippen LogP contribution in [0.25, 0.3) is 0 Å². The lowest BCUT2D eigenvalue weighted by molar-refractivity contribution is -0.385. The van der Waals surface area contributed by atoms with E-state index in [9.17, 15) is 23.3 Å². The molecule has 21 heavy (non-hydrogen) atoms. The Bertz CT molecular complexity index is 683. The Morgan fingerprint density at radius 1 is 1.43 bits per heavy atom. The van der Waals surface area contributed by atoms with Gasteiger partial charge in [-0.15, -0.1) is 0 Å². The van der Waals surface area contributed by atoms with Gasteiger partial charge in [-0.2, -0.15) is 0 Å². The highest BCUT2D eigenvalue weighted by Gasteiger charge is 2.23. The minimum Gasteiger partial charge on any atom is -0.481 e. The van der Waals surface area contributed by atoms with Crippen LogP contribution in [0.1, 0.15) is 24.5 Å². The molecule has 8 nitrogen and oxygen atoms in total. The van der Waals surface area contributed by atoms with E-state index < -0.39 is 27.0 Å². The van der Waals surface area contributed by atoms with Gasteiger partial charge in [0.15, 0.2) is 0 Å². The van der Waals surface area contributed by atoms with Gasteiger partial charge in [0.1, 0.15) is 0 Å². The largest absolute Gasteiger partial charge is 0.481 e. The Morgan fingerprint density at radius 2 is 2.00 bits per heavy atom. The number of hydrogen-bond donors (Lipinski definition) is 2. The molecule has 2 N–H and O–H groups in total. The number of aliphatic carboxylic acids is 1. The molecule has 0 fully saturated rings. The van der Waals surface area contributed by atoms with Gasteiger partial charge in [0.2, 0.25) is 10.0 Å². The standard InChI is InChI=1S/C12H16N2O6S/c1-7-4-10(6-11(9(7)3)14(17)18)21(19,20)13-8(2)5-12(15)16/h4,6,8,13H,5H2,1-3H3,(H,15,16). The number of hydrogen-bond acceptors (Lipinski definition) is 5. The second-order valence-electron chi connectivity index (χ2n) is 4.76. The molecule has 0 amide bonds. The van der Waals surface area contributed by atoms with Crippen molar-refractivity contribution in [1.29, 1.82) is 0 Å². The van der Waals surface area contributed by atoms with Gasteiger partial charge in [0.05, 0.1) is 16.2 Å². The summed E-state index contributed by atoms with van der Waals surface area (Å²) >= 11 is 0. The molecule has 116 valence electrons. The summed E-state index contributed by atoms with van der Waals surface area (Å²) in [6.45, 7) is 4.51. The number of carboxylic acid groups (broad SMARTS) is 1. The Labute approximate surface area is 122 Å². The summed E-state index contributed by atoms with van der Waals surface area (Å²) in [5.74, 6) is -1.14. The van der Waals surface area contributed by atoms with Crippen LogP contribution < -0.4 is 4.72 Å². The molecule has 0 aromatic heterocycles. The molecule has 1 rings (SSSR count). The number of nitrogens with zero attached hydrogens (tertiary/aromatic N) is 1. The molecule has 1 aromatic carbocycles. The summed E-state index contributed by atoms with van der Waals surface area (Å²) in [7, 11) is -4.02. The van der Waals surface area contributed by atoms with Crippen LogP contribution in [-0.2, 0) is 14.8 Å².